The minimum absolute atomic E-state index is 0.0503. The molecule has 0 unspecified atom stereocenters. The average molecular weight is 301 g/mol. The van der Waals surface area contributed by atoms with Gasteiger partial charge in [0.15, 0.2) is 0 Å². The maximum atomic E-state index is 11.7. The number of aromatic carboxylic acids is 1. The summed E-state index contributed by atoms with van der Waals surface area (Å²) in [5, 5.41) is 14.7. The molecule has 1 rings (SSSR count). The molecule has 1 aromatic carbocycles. The highest BCUT2D eigenvalue weighted by Crippen LogP contribution is 2.31. The van der Waals surface area contributed by atoms with Crippen LogP contribution >= 0.6 is 11.6 Å². The Bertz CT molecular complexity index is 505. The maximum Gasteiger partial charge on any atom is 0.339 e. The first-order valence-corrected chi connectivity index (χ1v) is 6.42. The van der Waals surface area contributed by atoms with E-state index >= 15 is 0 Å². The molecule has 0 atom stereocenters. The van der Waals surface area contributed by atoms with Gasteiger partial charge in [-0.25, -0.2) is 4.79 Å². The van der Waals surface area contributed by atoms with E-state index in [1.807, 2.05) is 7.05 Å². The molecule has 6 nitrogen and oxygen atoms in total. The molecule has 0 aliphatic heterocycles. The lowest BCUT2D eigenvalue weighted by Gasteiger charge is -2.11. The Morgan fingerprint density at radius 3 is 2.65 bits per heavy atom. The predicted molar refractivity (Wildman–Crippen MR) is 76.8 cm³/mol. The SMILES string of the molecule is CNCCCC(=O)Nc1cc(OC)c(C(=O)O)cc1Cl. The van der Waals surface area contributed by atoms with Crippen LogP contribution in [-0.4, -0.2) is 37.7 Å². The van der Waals surface area contributed by atoms with Crippen LogP contribution in [0.25, 0.3) is 0 Å². The second kappa shape index (κ2) is 7.72. The third-order valence-electron chi connectivity index (χ3n) is 2.62. The van der Waals surface area contributed by atoms with E-state index in [0.717, 1.165) is 6.54 Å². The van der Waals surface area contributed by atoms with E-state index in [1.54, 1.807) is 0 Å². The van der Waals surface area contributed by atoms with Crippen molar-refractivity contribution in [3.05, 3.63) is 22.7 Å². The van der Waals surface area contributed by atoms with Crippen molar-refractivity contribution in [3.8, 4) is 5.75 Å². The first kappa shape index (κ1) is 16.3. The summed E-state index contributed by atoms with van der Waals surface area (Å²) < 4.78 is 4.98. The number of carboxylic acid groups (broad SMARTS) is 1. The summed E-state index contributed by atoms with van der Waals surface area (Å²) in [5.74, 6) is -1.18. The van der Waals surface area contributed by atoms with Gasteiger partial charge in [-0.15, -0.1) is 0 Å². The van der Waals surface area contributed by atoms with Gasteiger partial charge in [0, 0.05) is 12.5 Å². The predicted octanol–water partition coefficient (Wildman–Crippen LogP) is 1.98. The van der Waals surface area contributed by atoms with E-state index in [9.17, 15) is 9.59 Å². The van der Waals surface area contributed by atoms with Crippen LogP contribution in [0.1, 0.15) is 23.2 Å². The minimum Gasteiger partial charge on any atom is -0.496 e. The fourth-order valence-corrected chi connectivity index (χ4v) is 1.83. The molecule has 0 heterocycles. The van der Waals surface area contributed by atoms with E-state index in [1.165, 1.54) is 19.2 Å². The van der Waals surface area contributed by atoms with Crippen LogP contribution in [-0.2, 0) is 4.79 Å². The highest BCUT2D eigenvalue weighted by molar-refractivity contribution is 6.34. The van der Waals surface area contributed by atoms with Gasteiger partial charge in [-0.1, -0.05) is 11.6 Å². The number of carboxylic acids is 1. The molecule has 7 heteroatoms. The molecule has 0 aromatic heterocycles. The molecule has 0 saturated carbocycles. The van der Waals surface area contributed by atoms with Gasteiger partial charge in [-0.2, -0.15) is 0 Å². The summed E-state index contributed by atoms with van der Waals surface area (Å²) in [6.07, 6.45) is 1.05. The van der Waals surface area contributed by atoms with Crippen LogP contribution in [0.3, 0.4) is 0 Å². The van der Waals surface area contributed by atoms with Gasteiger partial charge in [0.1, 0.15) is 11.3 Å². The molecule has 20 heavy (non-hydrogen) atoms. The Morgan fingerprint density at radius 2 is 2.10 bits per heavy atom. The van der Waals surface area contributed by atoms with E-state index in [0.29, 0.717) is 18.5 Å². The molecule has 0 fully saturated rings. The largest absolute Gasteiger partial charge is 0.496 e. The second-order valence-corrected chi connectivity index (χ2v) is 4.50. The number of hydrogen-bond donors (Lipinski definition) is 3. The van der Waals surface area contributed by atoms with Crippen LogP contribution in [0.4, 0.5) is 5.69 Å². The van der Waals surface area contributed by atoms with Crippen molar-refractivity contribution in [3.63, 3.8) is 0 Å². The number of benzene rings is 1. The van der Waals surface area contributed by atoms with E-state index in [4.69, 9.17) is 21.4 Å². The lowest BCUT2D eigenvalue weighted by Crippen LogP contribution is -2.15. The Morgan fingerprint density at radius 1 is 1.40 bits per heavy atom. The lowest BCUT2D eigenvalue weighted by atomic mass is 10.1. The third kappa shape index (κ3) is 4.40. The normalized spacial score (nSPS) is 10.2. The lowest BCUT2D eigenvalue weighted by molar-refractivity contribution is -0.116. The van der Waals surface area contributed by atoms with Crippen LogP contribution in [0, 0.1) is 0 Å². The van der Waals surface area contributed by atoms with Gasteiger partial charge in [-0.3, -0.25) is 4.79 Å². The van der Waals surface area contributed by atoms with Crippen molar-refractivity contribution in [2.75, 3.05) is 26.0 Å². The van der Waals surface area contributed by atoms with Gasteiger partial charge < -0.3 is 20.5 Å². The summed E-state index contributed by atoms with van der Waals surface area (Å²) in [7, 11) is 3.17. The summed E-state index contributed by atoms with van der Waals surface area (Å²) in [6.45, 7) is 0.739. The number of halogens is 1. The smallest absolute Gasteiger partial charge is 0.339 e. The fraction of sp³-hybridized carbons (Fsp3) is 0.385. The number of methoxy groups -OCH3 is 1. The highest BCUT2D eigenvalue weighted by atomic mass is 35.5. The Balaban J connectivity index is 2.85. The van der Waals surface area contributed by atoms with Crippen molar-refractivity contribution >= 4 is 29.2 Å². The number of carbonyl (C=O) groups is 2. The Kier molecular flexibility index (Phi) is 6.27. The zero-order valence-electron chi connectivity index (χ0n) is 11.3. The van der Waals surface area contributed by atoms with Crippen molar-refractivity contribution in [2.45, 2.75) is 12.8 Å². The van der Waals surface area contributed by atoms with Gasteiger partial charge in [0.05, 0.1) is 17.8 Å². The van der Waals surface area contributed by atoms with Gasteiger partial charge >= 0.3 is 5.97 Å². The molecule has 3 N–H and O–H groups in total. The molecule has 0 saturated heterocycles. The minimum atomic E-state index is -1.14. The van der Waals surface area contributed by atoms with Gasteiger partial charge in [-0.05, 0) is 26.1 Å². The van der Waals surface area contributed by atoms with E-state index in [2.05, 4.69) is 10.6 Å². The van der Waals surface area contributed by atoms with Crippen molar-refractivity contribution in [2.24, 2.45) is 0 Å². The second-order valence-electron chi connectivity index (χ2n) is 4.09. The quantitative estimate of drug-likeness (QED) is 0.670. The zero-order chi connectivity index (χ0) is 15.1. The molecule has 0 radical (unpaired) electrons. The number of nitrogens with one attached hydrogen (secondary N) is 2. The molecule has 0 aliphatic carbocycles. The monoisotopic (exact) mass is 300 g/mol. The van der Waals surface area contributed by atoms with Crippen molar-refractivity contribution in [1.82, 2.24) is 5.32 Å². The maximum absolute atomic E-state index is 11.7. The van der Waals surface area contributed by atoms with Crippen LogP contribution in [0.15, 0.2) is 12.1 Å². The summed E-state index contributed by atoms with van der Waals surface area (Å²) in [6, 6.07) is 2.66. The average Bonchev–Trinajstić information content (AvgIpc) is 2.40. The molecular weight excluding hydrogens is 284 g/mol. The van der Waals surface area contributed by atoms with Crippen LogP contribution < -0.4 is 15.4 Å². The number of ether oxygens (including phenoxy) is 1. The molecule has 1 aromatic rings. The fourth-order valence-electron chi connectivity index (χ4n) is 1.62. The number of anilines is 1. The van der Waals surface area contributed by atoms with Crippen molar-refractivity contribution in [1.29, 1.82) is 0 Å². The molecule has 0 aliphatic rings. The van der Waals surface area contributed by atoms with E-state index < -0.39 is 5.97 Å². The Labute approximate surface area is 122 Å². The molecule has 110 valence electrons. The molecular formula is C13H17ClN2O4. The van der Waals surface area contributed by atoms with Crippen LogP contribution in [0.5, 0.6) is 5.75 Å². The topological polar surface area (TPSA) is 87.7 Å². The number of hydrogen-bond acceptors (Lipinski definition) is 4. The highest BCUT2D eigenvalue weighted by Gasteiger charge is 2.16. The van der Waals surface area contributed by atoms with E-state index in [-0.39, 0.29) is 22.2 Å². The first-order chi connectivity index (χ1) is 9.49. The van der Waals surface area contributed by atoms with Crippen molar-refractivity contribution < 1.29 is 19.4 Å². The first-order valence-electron chi connectivity index (χ1n) is 6.05. The molecule has 1 amide bonds. The third-order valence-corrected chi connectivity index (χ3v) is 2.94. The summed E-state index contributed by atoms with van der Waals surface area (Å²) in [5.41, 5.74) is 0.286. The molecule has 0 bridgehead atoms. The van der Waals surface area contributed by atoms with Gasteiger partial charge in [0.2, 0.25) is 5.91 Å². The standard InChI is InChI=1S/C13H17ClN2O4/c1-15-5-3-4-12(17)16-10-7-11(20-2)8(13(18)19)6-9(10)14/h6-7,15H,3-5H2,1-2H3,(H,16,17)(H,18,19). The summed E-state index contributed by atoms with van der Waals surface area (Å²) >= 11 is 5.96. The zero-order valence-corrected chi connectivity index (χ0v) is 12.1. The molecule has 0 spiro atoms. The number of amides is 1. The Hall–Kier alpha value is -1.79. The number of carbonyl (C=O) groups excluding carboxylic acids is 1. The van der Waals surface area contributed by atoms with Crippen LogP contribution in [0.2, 0.25) is 5.02 Å². The van der Waals surface area contributed by atoms with Gasteiger partial charge in [0.25, 0.3) is 0 Å². The summed E-state index contributed by atoms with van der Waals surface area (Å²) in [4.78, 5) is 22.7. The number of rotatable bonds is 7.